The number of methoxy groups -OCH3 is 1. The van der Waals surface area contributed by atoms with Gasteiger partial charge in [-0.2, -0.15) is 0 Å². The van der Waals surface area contributed by atoms with Crippen molar-refractivity contribution in [3.8, 4) is 0 Å². The molecule has 5 heteroatoms. The summed E-state index contributed by atoms with van der Waals surface area (Å²) in [5, 5.41) is 6.75. The van der Waals surface area contributed by atoms with Crippen molar-refractivity contribution in [2.45, 2.75) is 25.8 Å². The summed E-state index contributed by atoms with van der Waals surface area (Å²) in [6, 6.07) is 4.01. The van der Waals surface area contributed by atoms with Crippen molar-refractivity contribution in [1.82, 2.24) is 0 Å². The van der Waals surface area contributed by atoms with Gasteiger partial charge in [0, 0.05) is 25.4 Å². The fraction of sp³-hybridized carbons (Fsp3) is 0.462. The van der Waals surface area contributed by atoms with Crippen LogP contribution < -0.4 is 10.6 Å². The van der Waals surface area contributed by atoms with Crippen molar-refractivity contribution in [3.05, 3.63) is 22.7 Å². The maximum Gasteiger partial charge on any atom is 0.228 e. The van der Waals surface area contributed by atoms with Gasteiger partial charge in [0.05, 0.1) is 17.1 Å². The smallest absolute Gasteiger partial charge is 0.228 e. The van der Waals surface area contributed by atoms with E-state index in [-0.39, 0.29) is 11.9 Å². The Balaban J connectivity index is 2.10. The third-order valence-electron chi connectivity index (χ3n) is 2.97. The molecule has 0 aromatic heterocycles. The molecule has 2 rings (SSSR count). The Labute approximate surface area is 112 Å². The van der Waals surface area contributed by atoms with Crippen molar-refractivity contribution in [1.29, 1.82) is 0 Å². The molecule has 2 N–H and O–H groups in total. The van der Waals surface area contributed by atoms with Crippen LogP contribution in [0.4, 0.5) is 11.4 Å². The maximum absolute atomic E-state index is 11.3. The van der Waals surface area contributed by atoms with E-state index in [4.69, 9.17) is 16.3 Å². The van der Waals surface area contributed by atoms with E-state index in [0.29, 0.717) is 18.1 Å². The van der Waals surface area contributed by atoms with E-state index in [0.717, 1.165) is 23.4 Å². The summed E-state index contributed by atoms with van der Waals surface area (Å²) in [7, 11) is 1.69. The van der Waals surface area contributed by atoms with E-state index in [9.17, 15) is 4.79 Å². The molecule has 0 saturated carbocycles. The maximum atomic E-state index is 11.3. The first-order chi connectivity index (χ1) is 8.60. The Morgan fingerprint density at radius 3 is 3.06 bits per heavy atom. The van der Waals surface area contributed by atoms with Gasteiger partial charge in [-0.3, -0.25) is 4.79 Å². The first-order valence-corrected chi connectivity index (χ1v) is 6.35. The second-order valence-corrected chi connectivity index (χ2v) is 4.95. The number of carbonyl (C=O) groups is 1. The van der Waals surface area contributed by atoms with Gasteiger partial charge >= 0.3 is 0 Å². The fourth-order valence-electron chi connectivity index (χ4n) is 1.99. The lowest BCUT2D eigenvalue weighted by Crippen LogP contribution is -2.17. The number of benzene rings is 1. The zero-order valence-corrected chi connectivity index (χ0v) is 11.3. The van der Waals surface area contributed by atoms with Gasteiger partial charge in [0.25, 0.3) is 0 Å². The average molecular weight is 269 g/mol. The van der Waals surface area contributed by atoms with Crippen LogP contribution in [0.3, 0.4) is 0 Å². The van der Waals surface area contributed by atoms with Gasteiger partial charge in [-0.25, -0.2) is 0 Å². The SMILES string of the molecule is COCCC(C)Nc1cc2c(cc1Cl)NC(=O)C2. The number of halogens is 1. The monoisotopic (exact) mass is 268 g/mol. The molecule has 0 radical (unpaired) electrons. The highest BCUT2D eigenvalue weighted by Gasteiger charge is 2.19. The molecule has 0 bridgehead atoms. The average Bonchev–Trinajstić information content (AvgIpc) is 2.66. The summed E-state index contributed by atoms with van der Waals surface area (Å²) in [6.45, 7) is 2.78. The van der Waals surface area contributed by atoms with Crippen molar-refractivity contribution in [3.63, 3.8) is 0 Å². The van der Waals surface area contributed by atoms with E-state index >= 15 is 0 Å². The Hall–Kier alpha value is -1.26. The van der Waals surface area contributed by atoms with Gasteiger partial charge in [-0.1, -0.05) is 11.6 Å². The van der Waals surface area contributed by atoms with Gasteiger partial charge in [0.1, 0.15) is 0 Å². The number of hydrogen-bond donors (Lipinski definition) is 2. The van der Waals surface area contributed by atoms with E-state index in [1.165, 1.54) is 0 Å². The van der Waals surface area contributed by atoms with Crippen LogP contribution in [-0.4, -0.2) is 25.7 Å². The fourth-order valence-corrected chi connectivity index (χ4v) is 2.21. The third kappa shape index (κ3) is 2.94. The predicted octanol–water partition coefficient (Wildman–Crippen LogP) is 2.67. The lowest BCUT2D eigenvalue weighted by molar-refractivity contribution is -0.115. The third-order valence-corrected chi connectivity index (χ3v) is 3.29. The van der Waals surface area contributed by atoms with E-state index in [1.807, 2.05) is 6.07 Å². The Bertz CT molecular complexity index is 463. The van der Waals surface area contributed by atoms with Crippen LogP contribution >= 0.6 is 11.6 Å². The molecule has 1 aromatic rings. The molecule has 0 spiro atoms. The predicted molar refractivity (Wildman–Crippen MR) is 73.4 cm³/mol. The summed E-state index contributed by atoms with van der Waals surface area (Å²) >= 11 is 6.19. The minimum atomic E-state index is 0.0191. The quantitative estimate of drug-likeness (QED) is 0.863. The molecule has 18 heavy (non-hydrogen) atoms. The van der Waals surface area contributed by atoms with Crippen LogP contribution in [-0.2, 0) is 16.0 Å². The van der Waals surface area contributed by atoms with Crippen LogP contribution in [0.2, 0.25) is 5.02 Å². The molecule has 0 saturated heterocycles. The molecular formula is C13H17ClN2O2. The summed E-state index contributed by atoms with van der Waals surface area (Å²) in [6.07, 6.45) is 1.33. The van der Waals surface area contributed by atoms with Crippen LogP contribution in [0.5, 0.6) is 0 Å². The highest BCUT2D eigenvalue weighted by molar-refractivity contribution is 6.33. The van der Waals surface area contributed by atoms with E-state index in [1.54, 1.807) is 13.2 Å². The first kappa shape index (κ1) is 13.2. The molecule has 98 valence electrons. The molecule has 1 atom stereocenters. The van der Waals surface area contributed by atoms with Gasteiger partial charge in [-0.15, -0.1) is 0 Å². The molecule has 1 amide bonds. The van der Waals surface area contributed by atoms with Gasteiger partial charge < -0.3 is 15.4 Å². The van der Waals surface area contributed by atoms with E-state index in [2.05, 4.69) is 17.6 Å². The number of carbonyl (C=O) groups excluding carboxylic acids is 1. The molecule has 1 unspecified atom stereocenters. The Kier molecular flexibility index (Phi) is 4.09. The second-order valence-electron chi connectivity index (χ2n) is 4.54. The van der Waals surface area contributed by atoms with Crippen LogP contribution in [0.15, 0.2) is 12.1 Å². The summed E-state index contributed by atoms with van der Waals surface area (Å²) < 4.78 is 5.04. The molecular weight excluding hydrogens is 252 g/mol. The van der Waals surface area contributed by atoms with Crippen LogP contribution in [0, 0.1) is 0 Å². The molecule has 1 aliphatic heterocycles. The minimum Gasteiger partial charge on any atom is -0.385 e. The standard InChI is InChI=1S/C13H17ClN2O2/c1-8(3-4-18-2)15-12-5-9-6-13(17)16-11(9)7-10(12)14/h5,7-8,15H,3-4,6H2,1-2H3,(H,16,17). The largest absolute Gasteiger partial charge is 0.385 e. The number of nitrogens with one attached hydrogen (secondary N) is 2. The first-order valence-electron chi connectivity index (χ1n) is 5.98. The number of anilines is 2. The molecule has 1 heterocycles. The minimum absolute atomic E-state index is 0.0191. The lowest BCUT2D eigenvalue weighted by Gasteiger charge is -2.16. The number of fused-ring (bicyclic) bond motifs is 1. The summed E-state index contributed by atoms with van der Waals surface area (Å²) in [5.74, 6) is 0.0191. The zero-order chi connectivity index (χ0) is 13.1. The molecule has 4 nitrogen and oxygen atoms in total. The zero-order valence-electron chi connectivity index (χ0n) is 10.5. The van der Waals surface area contributed by atoms with Crippen molar-refractivity contribution < 1.29 is 9.53 Å². The normalized spacial score (nSPS) is 15.2. The summed E-state index contributed by atoms with van der Waals surface area (Å²) in [5.41, 5.74) is 2.68. The van der Waals surface area contributed by atoms with E-state index < -0.39 is 0 Å². The highest BCUT2D eigenvalue weighted by atomic mass is 35.5. The van der Waals surface area contributed by atoms with Gasteiger partial charge in [0.2, 0.25) is 5.91 Å². The highest BCUT2D eigenvalue weighted by Crippen LogP contribution is 2.33. The Morgan fingerprint density at radius 2 is 2.33 bits per heavy atom. The lowest BCUT2D eigenvalue weighted by atomic mass is 10.1. The number of hydrogen-bond acceptors (Lipinski definition) is 3. The topological polar surface area (TPSA) is 50.4 Å². The van der Waals surface area contributed by atoms with Crippen molar-refractivity contribution in [2.75, 3.05) is 24.4 Å². The van der Waals surface area contributed by atoms with Gasteiger partial charge in [-0.05, 0) is 31.0 Å². The molecule has 0 aliphatic carbocycles. The van der Waals surface area contributed by atoms with Crippen molar-refractivity contribution >= 4 is 28.9 Å². The molecule has 1 aliphatic rings. The Morgan fingerprint density at radius 1 is 1.56 bits per heavy atom. The van der Waals surface area contributed by atoms with Crippen molar-refractivity contribution in [2.24, 2.45) is 0 Å². The number of ether oxygens (including phenoxy) is 1. The number of rotatable bonds is 5. The molecule has 1 aromatic carbocycles. The second kappa shape index (κ2) is 5.59. The number of amides is 1. The molecule has 0 fully saturated rings. The van der Waals surface area contributed by atoms with Gasteiger partial charge in [0.15, 0.2) is 0 Å². The summed E-state index contributed by atoms with van der Waals surface area (Å²) in [4.78, 5) is 11.3. The van der Waals surface area contributed by atoms with Crippen LogP contribution in [0.1, 0.15) is 18.9 Å². The van der Waals surface area contributed by atoms with Crippen LogP contribution in [0.25, 0.3) is 0 Å².